The third-order valence-electron chi connectivity index (χ3n) is 7.48. The van der Waals surface area contributed by atoms with Gasteiger partial charge in [0.25, 0.3) is 0 Å². The molecule has 0 spiro atoms. The first-order valence-corrected chi connectivity index (χ1v) is 13.4. The maximum absolute atomic E-state index is 13.1. The van der Waals surface area contributed by atoms with E-state index >= 15 is 0 Å². The molecule has 240 valence electrons. The first-order chi connectivity index (χ1) is 21.0. The monoisotopic (exact) mass is 624 g/mol. The van der Waals surface area contributed by atoms with E-state index in [0.29, 0.717) is 5.56 Å². The molecule has 2 aliphatic heterocycles. The zero-order valence-electron chi connectivity index (χ0n) is 23.0. The van der Waals surface area contributed by atoms with Crippen LogP contribution in [-0.4, -0.2) is 128 Å². The lowest BCUT2D eigenvalue weighted by atomic mass is 9.97. The molecule has 3 heterocycles. The molecule has 44 heavy (non-hydrogen) atoms. The van der Waals surface area contributed by atoms with Gasteiger partial charge < -0.3 is 74.1 Å². The summed E-state index contributed by atoms with van der Waals surface area (Å²) >= 11 is 0. The summed E-state index contributed by atoms with van der Waals surface area (Å²) in [5.74, 6) is -1.32. The van der Waals surface area contributed by atoms with E-state index in [4.69, 9.17) is 28.1 Å². The minimum absolute atomic E-state index is 0.00202. The number of rotatable bonds is 8. The van der Waals surface area contributed by atoms with Gasteiger partial charge in [-0.05, 0) is 24.3 Å². The Hall–Kier alpha value is -3.55. The van der Waals surface area contributed by atoms with Crippen molar-refractivity contribution in [3.8, 4) is 34.3 Å². The highest BCUT2D eigenvalue weighted by molar-refractivity contribution is 5.89. The molecule has 2 saturated heterocycles. The van der Waals surface area contributed by atoms with E-state index in [1.165, 1.54) is 37.4 Å². The lowest BCUT2D eigenvalue weighted by Crippen LogP contribution is -2.65. The fraction of sp³-hybridized carbons (Fsp3) is 0.464. The zero-order chi connectivity index (χ0) is 31.9. The van der Waals surface area contributed by atoms with E-state index in [9.17, 15) is 50.8 Å². The van der Waals surface area contributed by atoms with Gasteiger partial charge in [0.1, 0.15) is 65.2 Å². The van der Waals surface area contributed by atoms with E-state index in [2.05, 4.69) is 0 Å². The highest BCUT2D eigenvalue weighted by Gasteiger charge is 2.51. The molecule has 0 bridgehead atoms. The van der Waals surface area contributed by atoms with Gasteiger partial charge in [-0.15, -0.1) is 0 Å². The summed E-state index contributed by atoms with van der Waals surface area (Å²) in [5.41, 5.74) is -0.349. The molecule has 0 radical (unpaired) electrons. The predicted molar refractivity (Wildman–Crippen MR) is 145 cm³/mol. The Morgan fingerprint density at radius 2 is 1.41 bits per heavy atom. The largest absolute Gasteiger partial charge is 0.508 e. The standard InChI is InChI=1S/C28H32O16/c1-39-15-7-14-18(12(32)6-13(40-14)10-2-4-11(31)5-3-10)21(35)25(15)43-28-26(23(37)20(34)17(9-30)42-28)44-27-24(38)22(36)19(33)16(8-29)41-27/h2-7,16-17,19-20,22-24,26-31,33-38H,8-9H2,1H3. The molecule has 5 rings (SSSR count). The number of fused-ring (bicyclic) bond motifs is 1. The van der Waals surface area contributed by atoms with Crippen LogP contribution in [0.5, 0.6) is 23.0 Å². The number of phenols is 2. The van der Waals surface area contributed by atoms with E-state index in [0.717, 1.165) is 6.07 Å². The smallest absolute Gasteiger partial charge is 0.230 e. The van der Waals surface area contributed by atoms with Crippen LogP contribution < -0.4 is 14.9 Å². The molecule has 16 heteroatoms. The van der Waals surface area contributed by atoms with E-state index in [1.54, 1.807) is 0 Å². The van der Waals surface area contributed by atoms with Crippen LogP contribution in [0.2, 0.25) is 0 Å². The summed E-state index contributed by atoms with van der Waals surface area (Å²) < 4.78 is 33.6. The van der Waals surface area contributed by atoms with Crippen LogP contribution in [0.1, 0.15) is 0 Å². The van der Waals surface area contributed by atoms with Gasteiger partial charge in [-0.2, -0.15) is 0 Å². The number of hydrogen-bond acceptors (Lipinski definition) is 16. The van der Waals surface area contributed by atoms with Gasteiger partial charge in [-0.3, -0.25) is 4.79 Å². The molecule has 2 aliphatic rings. The van der Waals surface area contributed by atoms with Crippen molar-refractivity contribution < 1.29 is 74.1 Å². The number of phenolic OH excluding ortho intramolecular Hbond substituents is 2. The van der Waals surface area contributed by atoms with Crippen molar-refractivity contribution in [1.82, 2.24) is 0 Å². The molecule has 16 nitrogen and oxygen atoms in total. The Morgan fingerprint density at radius 3 is 2.02 bits per heavy atom. The molecule has 0 saturated carbocycles. The SMILES string of the molecule is COc1cc2oc(-c3ccc(O)cc3)cc(=O)c2c(O)c1OC1OC(CO)C(O)C(O)C1OC1OC(CO)C(O)C(O)C1O. The van der Waals surface area contributed by atoms with Gasteiger partial charge in [0.2, 0.25) is 12.0 Å². The number of aromatic hydroxyl groups is 2. The van der Waals surface area contributed by atoms with Crippen LogP contribution in [0.15, 0.2) is 45.6 Å². The second kappa shape index (κ2) is 12.8. The summed E-state index contributed by atoms with van der Waals surface area (Å²) in [6.45, 7) is -1.57. The van der Waals surface area contributed by atoms with Crippen LogP contribution in [0, 0.1) is 0 Å². The van der Waals surface area contributed by atoms with Crippen LogP contribution in [0.3, 0.4) is 0 Å². The Kier molecular flexibility index (Phi) is 9.28. The van der Waals surface area contributed by atoms with Gasteiger partial charge in [0.05, 0.1) is 20.3 Å². The van der Waals surface area contributed by atoms with Crippen LogP contribution in [-0.2, 0) is 14.2 Å². The molecule has 0 amide bonds. The summed E-state index contributed by atoms with van der Waals surface area (Å²) in [6, 6.07) is 8.16. The van der Waals surface area contributed by atoms with Crippen molar-refractivity contribution in [3.63, 3.8) is 0 Å². The van der Waals surface area contributed by atoms with Gasteiger partial charge in [0.15, 0.2) is 29.3 Å². The molecule has 2 fully saturated rings. The molecule has 2 aromatic carbocycles. The van der Waals surface area contributed by atoms with E-state index < -0.39 is 91.6 Å². The average molecular weight is 625 g/mol. The van der Waals surface area contributed by atoms with Crippen molar-refractivity contribution in [3.05, 3.63) is 46.6 Å². The molecular formula is C28H32O16. The molecule has 0 aliphatic carbocycles. The van der Waals surface area contributed by atoms with E-state index in [-0.39, 0.29) is 28.2 Å². The minimum Gasteiger partial charge on any atom is -0.508 e. The molecule has 10 unspecified atom stereocenters. The van der Waals surface area contributed by atoms with Gasteiger partial charge in [0, 0.05) is 17.7 Å². The van der Waals surface area contributed by atoms with Crippen molar-refractivity contribution in [2.45, 2.75) is 61.4 Å². The van der Waals surface area contributed by atoms with Crippen LogP contribution >= 0.6 is 0 Å². The van der Waals surface area contributed by atoms with Crippen molar-refractivity contribution >= 4 is 11.0 Å². The highest BCUT2D eigenvalue weighted by Crippen LogP contribution is 2.44. The maximum Gasteiger partial charge on any atom is 0.230 e. The Bertz CT molecular complexity index is 1510. The molecule has 10 atom stereocenters. The quantitative estimate of drug-likeness (QED) is 0.130. The van der Waals surface area contributed by atoms with Crippen LogP contribution in [0.25, 0.3) is 22.3 Å². The number of aliphatic hydroxyl groups is 7. The number of methoxy groups -OCH3 is 1. The van der Waals surface area contributed by atoms with Gasteiger partial charge in [-0.1, -0.05) is 0 Å². The van der Waals surface area contributed by atoms with Crippen molar-refractivity contribution in [1.29, 1.82) is 0 Å². The third-order valence-corrected chi connectivity index (χ3v) is 7.48. The molecular weight excluding hydrogens is 592 g/mol. The van der Waals surface area contributed by atoms with Crippen molar-refractivity contribution in [2.75, 3.05) is 20.3 Å². The second-order valence-corrected chi connectivity index (χ2v) is 10.3. The summed E-state index contributed by atoms with van der Waals surface area (Å²) in [7, 11) is 1.22. The lowest BCUT2D eigenvalue weighted by Gasteiger charge is -2.45. The normalized spacial score (nSPS) is 32.5. The second-order valence-electron chi connectivity index (χ2n) is 10.3. The van der Waals surface area contributed by atoms with Gasteiger partial charge >= 0.3 is 0 Å². The average Bonchev–Trinajstić information content (AvgIpc) is 3.01. The molecule has 1 aromatic heterocycles. The van der Waals surface area contributed by atoms with Crippen LogP contribution in [0.4, 0.5) is 0 Å². The Balaban J connectivity index is 1.52. The Morgan fingerprint density at radius 1 is 0.795 bits per heavy atom. The predicted octanol–water partition coefficient (Wildman–Crippen LogP) is -2.12. The van der Waals surface area contributed by atoms with Gasteiger partial charge in [-0.25, -0.2) is 0 Å². The maximum atomic E-state index is 13.1. The molecule has 3 aromatic rings. The fourth-order valence-corrected chi connectivity index (χ4v) is 5.04. The topological polar surface area (TPSA) is 258 Å². The number of aliphatic hydroxyl groups excluding tert-OH is 7. The Labute approximate surface area is 248 Å². The highest BCUT2D eigenvalue weighted by atomic mass is 16.8. The minimum atomic E-state index is -1.90. The van der Waals surface area contributed by atoms with E-state index in [1.807, 2.05) is 0 Å². The third kappa shape index (κ3) is 5.80. The summed E-state index contributed by atoms with van der Waals surface area (Å²) in [5, 5.41) is 91.7. The first-order valence-electron chi connectivity index (χ1n) is 13.4. The molecule has 9 N–H and O–H groups in total. The van der Waals surface area contributed by atoms with Crippen molar-refractivity contribution in [2.24, 2.45) is 0 Å². The number of ether oxygens (including phenoxy) is 5. The number of benzene rings is 2. The zero-order valence-corrected chi connectivity index (χ0v) is 23.0. The fourth-order valence-electron chi connectivity index (χ4n) is 5.04. The summed E-state index contributed by atoms with van der Waals surface area (Å²) in [6.07, 6.45) is -17.2. The number of hydrogen-bond donors (Lipinski definition) is 9. The summed E-state index contributed by atoms with van der Waals surface area (Å²) in [4.78, 5) is 13.1. The lowest BCUT2D eigenvalue weighted by molar-refractivity contribution is -0.358. The first kappa shape index (κ1) is 31.9.